The van der Waals surface area contributed by atoms with Gasteiger partial charge >= 0.3 is 0 Å². The normalized spacial score (nSPS) is 15.5. The second kappa shape index (κ2) is 6.12. The van der Waals surface area contributed by atoms with E-state index in [4.69, 9.17) is 0 Å². The summed E-state index contributed by atoms with van der Waals surface area (Å²) < 4.78 is 0. The molecule has 1 aliphatic rings. The van der Waals surface area contributed by atoms with Gasteiger partial charge in [-0.05, 0) is 44.5 Å². The predicted molar refractivity (Wildman–Crippen MR) is 70.7 cm³/mol. The molecule has 1 heterocycles. The van der Waals surface area contributed by atoms with Gasteiger partial charge in [0, 0.05) is 25.3 Å². The monoisotopic (exact) mass is 233 g/mol. The van der Waals surface area contributed by atoms with Crippen molar-refractivity contribution in [2.75, 3.05) is 13.6 Å². The lowest BCUT2D eigenvalue weighted by Gasteiger charge is -2.14. The average Bonchev–Trinajstić information content (AvgIpc) is 3.16. The maximum atomic E-state index is 4.53. The highest BCUT2D eigenvalue weighted by atomic mass is 15.2. The Morgan fingerprint density at radius 2 is 2.24 bits per heavy atom. The van der Waals surface area contributed by atoms with Crippen molar-refractivity contribution in [3.05, 3.63) is 29.6 Å². The molecule has 1 N–H and O–H groups in total. The highest BCUT2D eigenvalue weighted by Gasteiger charge is 2.25. The number of pyridine rings is 1. The molecule has 1 aliphatic carbocycles. The summed E-state index contributed by atoms with van der Waals surface area (Å²) in [7, 11) is 2.19. The van der Waals surface area contributed by atoms with E-state index in [0.717, 1.165) is 25.7 Å². The van der Waals surface area contributed by atoms with E-state index in [2.05, 4.69) is 41.3 Å². The fourth-order valence-corrected chi connectivity index (χ4v) is 1.96. The van der Waals surface area contributed by atoms with Crippen LogP contribution in [0.3, 0.4) is 0 Å². The van der Waals surface area contributed by atoms with Crippen LogP contribution in [0.1, 0.15) is 37.4 Å². The molecular formula is C14H23N3. The summed E-state index contributed by atoms with van der Waals surface area (Å²) in [6.45, 7) is 5.17. The molecule has 1 aromatic rings. The lowest BCUT2D eigenvalue weighted by Crippen LogP contribution is -2.20. The Balaban J connectivity index is 1.79. The van der Waals surface area contributed by atoms with Gasteiger partial charge in [0.1, 0.15) is 0 Å². The zero-order valence-corrected chi connectivity index (χ0v) is 10.9. The van der Waals surface area contributed by atoms with Crippen LogP contribution in [0.4, 0.5) is 0 Å². The van der Waals surface area contributed by atoms with Crippen molar-refractivity contribution in [3.8, 4) is 0 Å². The van der Waals surface area contributed by atoms with Crippen LogP contribution in [0, 0.1) is 0 Å². The fraction of sp³-hybridized carbons (Fsp3) is 0.643. The molecule has 0 aromatic carbocycles. The Labute approximate surface area is 104 Å². The van der Waals surface area contributed by atoms with Crippen molar-refractivity contribution >= 4 is 0 Å². The molecule has 2 rings (SSSR count). The minimum absolute atomic E-state index is 0.808. The Hall–Kier alpha value is -0.930. The van der Waals surface area contributed by atoms with E-state index >= 15 is 0 Å². The van der Waals surface area contributed by atoms with E-state index in [1.165, 1.54) is 30.5 Å². The van der Waals surface area contributed by atoms with Gasteiger partial charge in [-0.2, -0.15) is 0 Å². The van der Waals surface area contributed by atoms with Gasteiger partial charge in [-0.3, -0.25) is 9.88 Å². The largest absolute Gasteiger partial charge is 0.313 e. The van der Waals surface area contributed by atoms with Crippen LogP contribution < -0.4 is 5.32 Å². The quantitative estimate of drug-likeness (QED) is 0.732. The summed E-state index contributed by atoms with van der Waals surface area (Å²) in [5.41, 5.74) is 2.45. The number of aromatic nitrogens is 1. The van der Waals surface area contributed by atoms with Crippen molar-refractivity contribution in [2.45, 2.75) is 45.3 Å². The fourth-order valence-electron chi connectivity index (χ4n) is 1.96. The maximum Gasteiger partial charge on any atom is 0.0544 e. The summed E-state index contributed by atoms with van der Waals surface area (Å²) in [4.78, 5) is 6.93. The van der Waals surface area contributed by atoms with Gasteiger partial charge in [-0.1, -0.05) is 13.0 Å². The second-order valence-corrected chi connectivity index (χ2v) is 4.98. The highest BCUT2D eigenvalue weighted by Crippen LogP contribution is 2.26. The van der Waals surface area contributed by atoms with Crippen LogP contribution in [0.5, 0.6) is 0 Å². The first-order valence-electron chi connectivity index (χ1n) is 6.64. The summed E-state index contributed by atoms with van der Waals surface area (Å²) in [5.74, 6) is 0. The lowest BCUT2D eigenvalue weighted by atomic mass is 10.2. The molecule has 0 aliphatic heterocycles. The zero-order chi connectivity index (χ0) is 12.1. The van der Waals surface area contributed by atoms with Crippen molar-refractivity contribution in [2.24, 2.45) is 0 Å². The second-order valence-electron chi connectivity index (χ2n) is 4.98. The Morgan fingerprint density at radius 3 is 2.82 bits per heavy atom. The maximum absolute atomic E-state index is 4.53. The van der Waals surface area contributed by atoms with Gasteiger partial charge in [0.05, 0.1) is 5.69 Å². The molecule has 0 spiro atoms. The Kier molecular flexibility index (Phi) is 4.51. The predicted octanol–water partition coefficient (Wildman–Crippen LogP) is 2.18. The third-order valence-corrected chi connectivity index (χ3v) is 3.22. The van der Waals surface area contributed by atoms with Crippen LogP contribution in [0.2, 0.25) is 0 Å². The molecule has 3 nitrogen and oxygen atoms in total. The topological polar surface area (TPSA) is 28.2 Å². The average molecular weight is 233 g/mol. The molecule has 1 fully saturated rings. The van der Waals surface area contributed by atoms with Crippen LogP contribution in [-0.2, 0) is 13.1 Å². The van der Waals surface area contributed by atoms with Crippen LogP contribution >= 0.6 is 0 Å². The van der Waals surface area contributed by atoms with Crippen molar-refractivity contribution in [1.29, 1.82) is 0 Å². The van der Waals surface area contributed by atoms with Gasteiger partial charge in [-0.25, -0.2) is 0 Å². The lowest BCUT2D eigenvalue weighted by molar-refractivity contribution is 0.312. The highest BCUT2D eigenvalue weighted by molar-refractivity contribution is 5.14. The zero-order valence-electron chi connectivity index (χ0n) is 10.9. The molecule has 0 bridgehead atoms. The third-order valence-electron chi connectivity index (χ3n) is 3.22. The minimum Gasteiger partial charge on any atom is -0.313 e. The van der Waals surface area contributed by atoms with Crippen molar-refractivity contribution < 1.29 is 0 Å². The molecule has 0 unspecified atom stereocenters. The molecule has 17 heavy (non-hydrogen) atoms. The molecule has 1 aromatic heterocycles. The standard InChI is InChI=1S/C14H23N3/c1-3-8-15-9-12-4-5-13(16-10-12)11-17(2)14-6-7-14/h4-5,10,14-15H,3,6-9,11H2,1-2H3. The first-order chi connectivity index (χ1) is 8.29. The number of hydrogen-bond acceptors (Lipinski definition) is 3. The summed E-state index contributed by atoms with van der Waals surface area (Å²) in [5, 5.41) is 3.39. The minimum atomic E-state index is 0.808. The third kappa shape index (κ3) is 4.10. The van der Waals surface area contributed by atoms with Gasteiger partial charge in [-0.15, -0.1) is 0 Å². The molecule has 0 saturated heterocycles. The first kappa shape index (κ1) is 12.5. The van der Waals surface area contributed by atoms with Gasteiger partial charge < -0.3 is 5.32 Å². The van der Waals surface area contributed by atoms with E-state index in [1.807, 2.05) is 6.20 Å². The molecule has 1 saturated carbocycles. The number of hydrogen-bond donors (Lipinski definition) is 1. The van der Waals surface area contributed by atoms with Crippen molar-refractivity contribution in [3.63, 3.8) is 0 Å². The molecule has 0 radical (unpaired) electrons. The molecular weight excluding hydrogens is 210 g/mol. The number of nitrogens with zero attached hydrogens (tertiary/aromatic N) is 2. The number of nitrogens with one attached hydrogen (secondary N) is 1. The van der Waals surface area contributed by atoms with Gasteiger partial charge in [0.25, 0.3) is 0 Å². The summed E-state index contributed by atoms with van der Waals surface area (Å²) in [6.07, 6.45) is 5.89. The van der Waals surface area contributed by atoms with Gasteiger partial charge in [0.2, 0.25) is 0 Å². The van der Waals surface area contributed by atoms with E-state index in [-0.39, 0.29) is 0 Å². The SMILES string of the molecule is CCCNCc1ccc(CN(C)C2CC2)nc1. The van der Waals surface area contributed by atoms with Crippen LogP contribution in [0.25, 0.3) is 0 Å². The molecule has 0 amide bonds. The smallest absolute Gasteiger partial charge is 0.0544 e. The van der Waals surface area contributed by atoms with Gasteiger partial charge in [0.15, 0.2) is 0 Å². The molecule has 0 atom stereocenters. The Bertz CT molecular complexity index is 330. The summed E-state index contributed by atoms with van der Waals surface area (Å²) in [6, 6.07) is 5.15. The Morgan fingerprint density at radius 1 is 1.41 bits per heavy atom. The van der Waals surface area contributed by atoms with E-state index in [1.54, 1.807) is 0 Å². The summed E-state index contributed by atoms with van der Waals surface area (Å²) >= 11 is 0. The number of rotatable bonds is 7. The van der Waals surface area contributed by atoms with Crippen molar-refractivity contribution in [1.82, 2.24) is 15.2 Å². The first-order valence-corrected chi connectivity index (χ1v) is 6.64. The van der Waals surface area contributed by atoms with E-state index in [9.17, 15) is 0 Å². The molecule has 3 heteroatoms. The van der Waals surface area contributed by atoms with Crippen LogP contribution in [-0.4, -0.2) is 29.5 Å². The van der Waals surface area contributed by atoms with E-state index < -0.39 is 0 Å². The van der Waals surface area contributed by atoms with Crippen LogP contribution in [0.15, 0.2) is 18.3 Å². The molecule has 94 valence electrons. The van der Waals surface area contributed by atoms with E-state index in [0.29, 0.717) is 0 Å².